The third-order valence-corrected chi connectivity index (χ3v) is 4.13. The molecule has 5 nitrogen and oxygen atoms in total. The number of aromatic amines is 1. The summed E-state index contributed by atoms with van der Waals surface area (Å²) in [5.74, 6) is 1.38. The predicted octanol–water partition coefficient (Wildman–Crippen LogP) is 3.58. The minimum Gasteiger partial charge on any atom is -0.320 e. The van der Waals surface area contributed by atoms with E-state index in [9.17, 15) is 0 Å². The van der Waals surface area contributed by atoms with Crippen LogP contribution in [0.15, 0.2) is 79.1 Å². The van der Waals surface area contributed by atoms with Crippen molar-refractivity contribution >= 4 is 0 Å². The van der Waals surface area contributed by atoms with Crippen LogP contribution in [0.2, 0.25) is 0 Å². The van der Waals surface area contributed by atoms with Crippen LogP contribution in [0.4, 0.5) is 0 Å². The molecule has 4 aromatic rings. The lowest BCUT2D eigenvalue weighted by atomic mass is 9.95. The van der Waals surface area contributed by atoms with Crippen molar-refractivity contribution in [1.82, 2.24) is 20.2 Å². The zero-order valence-electron chi connectivity index (χ0n) is 13.5. The third kappa shape index (κ3) is 3.05. The minimum absolute atomic E-state index is 0.260. The SMILES string of the molecule is NC(c1ccncc1)c1ccccc1-c1nc(-c2ccccc2)n[nH]1. The molecule has 5 heteroatoms. The molecule has 0 radical (unpaired) electrons. The van der Waals surface area contributed by atoms with E-state index in [0.29, 0.717) is 11.6 Å². The molecule has 0 saturated heterocycles. The molecular weight excluding hydrogens is 310 g/mol. The maximum Gasteiger partial charge on any atom is 0.181 e. The van der Waals surface area contributed by atoms with Crippen molar-refractivity contribution in [3.63, 3.8) is 0 Å². The Morgan fingerprint density at radius 3 is 2.36 bits per heavy atom. The van der Waals surface area contributed by atoms with Gasteiger partial charge in [-0.05, 0) is 23.3 Å². The van der Waals surface area contributed by atoms with E-state index in [4.69, 9.17) is 5.73 Å². The summed E-state index contributed by atoms with van der Waals surface area (Å²) in [5, 5.41) is 7.39. The topological polar surface area (TPSA) is 80.5 Å². The van der Waals surface area contributed by atoms with E-state index in [1.165, 1.54) is 0 Å². The van der Waals surface area contributed by atoms with E-state index < -0.39 is 0 Å². The zero-order valence-corrected chi connectivity index (χ0v) is 13.5. The highest BCUT2D eigenvalue weighted by Gasteiger charge is 2.16. The zero-order chi connectivity index (χ0) is 17.1. The van der Waals surface area contributed by atoms with Crippen LogP contribution in [0, 0.1) is 0 Å². The van der Waals surface area contributed by atoms with Gasteiger partial charge in [0.25, 0.3) is 0 Å². The van der Waals surface area contributed by atoms with Crippen LogP contribution in [-0.2, 0) is 0 Å². The van der Waals surface area contributed by atoms with Gasteiger partial charge in [0.15, 0.2) is 11.6 Å². The number of rotatable bonds is 4. The molecule has 0 aliphatic rings. The second-order valence-electron chi connectivity index (χ2n) is 5.72. The first-order valence-electron chi connectivity index (χ1n) is 8.05. The molecule has 3 N–H and O–H groups in total. The van der Waals surface area contributed by atoms with Gasteiger partial charge in [-0.3, -0.25) is 10.1 Å². The predicted molar refractivity (Wildman–Crippen MR) is 97.5 cm³/mol. The van der Waals surface area contributed by atoms with Crippen LogP contribution in [-0.4, -0.2) is 20.2 Å². The molecule has 0 saturated carbocycles. The van der Waals surface area contributed by atoms with Crippen molar-refractivity contribution in [2.24, 2.45) is 5.73 Å². The minimum atomic E-state index is -0.260. The van der Waals surface area contributed by atoms with Crippen LogP contribution in [0.1, 0.15) is 17.2 Å². The van der Waals surface area contributed by atoms with Gasteiger partial charge >= 0.3 is 0 Å². The molecule has 0 fully saturated rings. The number of hydrogen-bond acceptors (Lipinski definition) is 4. The second kappa shape index (κ2) is 6.67. The quantitative estimate of drug-likeness (QED) is 0.600. The third-order valence-electron chi connectivity index (χ3n) is 4.13. The number of hydrogen-bond donors (Lipinski definition) is 2. The molecule has 0 bridgehead atoms. The monoisotopic (exact) mass is 327 g/mol. The Bertz CT molecular complexity index is 964. The van der Waals surface area contributed by atoms with E-state index in [1.54, 1.807) is 12.4 Å². The molecule has 1 atom stereocenters. The lowest BCUT2D eigenvalue weighted by Gasteiger charge is -2.15. The molecule has 0 aliphatic heterocycles. The molecule has 0 spiro atoms. The Labute approximate surface area is 145 Å². The van der Waals surface area contributed by atoms with Gasteiger partial charge in [0.05, 0.1) is 6.04 Å². The number of benzene rings is 2. The summed E-state index contributed by atoms with van der Waals surface area (Å²) in [5.41, 5.74) is 10.4. The van der Waals surface area contributed by atoms with Crippen molar-refractivity contribution in [2.45, 2.75) is 6.04 Å². The number of nitrogens with zero attached hydrogens (tertiary/aromatic N) is 3. The number of pyridine rings is 1. The van der Waals surface area contributed by atoms with Gasteiger partial charge in [0.1, 0.15) is 0 Å². The molecule has 0 aliphatic carbocycles. The van der Waals surface area contributed by atoms with Crippen LogP contribution in [0.25, 0.3) is 22.8 Å². The molecular formula is C20H17N5. The second-order valence-corrected chi connectivity index (χ2v) is 5.72. The van der Waals surface area contributed by atoms with E-state index in [0.717, 1.165) is 22.3 Å². The van der Waals surface area contributed by atoms with Crippen molar-refractivity contribution in [1.29, 1.82) is 0 Å². The van der Waals surface area contributed by atoms with Gasteiger partial charge in [-0.15, -0.1) is 0 Å². The van der Waals surface area contributed by atoms with E-state index in [-0.39, 0.29) is 6.04 Å². The Morgan fingerprint density at radius 2 is 1.56 bits per heavy atom. The van der Waals surface area contributed by atoms with Gasteiger partial charge in [0, 0.05) is 23.5 Å². The van der Waals surface area contributed by atoms with E-state index in [2.05, 4.69) is 20.2 Å². The maximum atomic E-state index is 6.48. The average Bonchev–Trinajstić information content (AvgIpc) is 3.19. The van der Waals surface area contributed by atoms with Crippen LogP contribution in [0.5, 0.6) is 0 Å². The van der Waals surface area contributed by atoms with E-state index in [1.807, 2.05) is 66.7 Å². The summed E-state index contributed by atoms with van der Waals surface area (Å²) in [7, 11) is 0. The standard InChI is InChI=1S/C20H17N5/c21-18(14-10-12-22-13-11-14)16-8-4-5-9-17(16)20-23-19(24-25-20)15-6-2-1-3-7-15/h1-13,18H,21H2,(H,23,24,25). The number of nitrogens with two attached hydrogens (primary N) is 1. The summed E-state index contributed by atoms with van der Waals surface area (Å²) < 4.78 is 0. The van der Waals surface area contributed by atoms with Crippen molar-refractivity contribution in [3.8, 4) is 22.8 Å². The number of H-pyrrole nitrogens is 1. The fraction of sp³-hybridized carbons (Fsp3) is 0.0500. The first-order chi connectivity index (χ1) is 12.3. The first-order valence-corrected chi connectivity index (χ1v) is 8.05. The van der Waals surface area contributed by atoms with Gasteiger partial charge in [-0.2, -0.15) is 5.10 Å². The molecule has 2 aromatic carbocycles. The Morgan fingerprint density at radius 1 is 0.840 bits per heavy atom. The van der Waals surface area contributed by atoms with E-state index >= 15 is 0 Å². The van der Waals surface area contributed by atoms with Crippen molar-refractivity contribution < 1.29 is 0 Å². The molecule has 1 unspecified atom stereocenters. The first kappa shape index (κ1) is 15.2. The summed E-state index contributed by atoms with van der Waals surface area (Å²) >= 11 is 0. The molecule has 2 aromatic heterocycles. The Hall–Kier alpha value is -3.31. The smallest absolute Gasteiger partial charge is 0.181 e. The van der Waals surface area contributed by atoms with Gasteiger partial charge in [-0.25, -0.2) is 4.98 Å². The molecule has 122 valence electrons. The molecule has 2 heterocycles. The summed E-state index contributed by atoms with van der Waals surface area (Å²) in [6.45, 7) is 0. The van der Waals surface area contributed by atoms with Gasteiger partial charge in [-0.1, -0.05) is 54.6 Å². The van der Waals surface area contributed by atoms with Gasteiger partial charge in [0.2, 0.25) is 0 Å². The van der Waals surface area contributed by atoms with Crippen molar-refractivity contribution in [2.75, 3.05) is 0 Å². The van der Waals surface area contributed by atoms with Crippen molar-refractivity contribution in [3.05, 3.63) is 90.3 Å². The number of nitrogens with one attached hydrogen (secondary N) is 1. The lowest BCUT2D eigenvalue weighted by molar-refractivity contribution is 0.867. The summed E-state index contributed by atoms with van der Waals surface area (Å²) in [6, 6.07) is 21.5. The van der Waals surface area contributed by atoms with Crippen LogP contribution < -0.4 is 5.73 Å². The number of aromatic nitrogens is 4. The normalized spacial score (nSPS) is 12.0. The molecule has 0 amide bonds. The molecule has 4 rings (SSSR count). The van der Waals surface area contributed by atoms with Crippen LogP contribution in [0.3, 0.4) is 0 Å². The largest absolute Gasteiger partial charge is 0.320 e. The average molecular weight is 327 g/mol. The Balaban J connectivity index is 1.74. The maximum absolute atomic E-state index is 6.48. The summed E-state index contributed by atoms with van der Waals surface area (Å²) in [6.07, 6.45) is 3.50. The highest BCUT2D eigenvalue weighted by Crippen LogP contribution is 2.29. The fourth-order valence-electron chi connectivity index (χ4n) is 2.83. The lowest BCUT2D eigenvalue weighted by Crippen LogP contribution is -2.13. The Kier molecular flexibility index (Phi) is 4.06. The van der Waals surface area contributed by atoms with Crippen LogP contribution >= 0.6 is 0 Å². The highest BCUT2D eigenvalue weighted by atomic mass is 15.2. The highest BCUT2D eigenvalue weighted by molar-refractivity contribution is 5.65. The van der Waals surface area contributed by atoms with Gasteiger partial charge < -0.3 is 5.73 Å². The fourth-order valence-corrected chi connectivity index (χ4v) is 2.83. The summed E-state index contributed by atoms with van der Waals surface area (Å²) in [4.78, 5) is 8.71. The molecule has 25 heavy (non-hydrogen) atoms.